The van der Waals surface area contributed by atoms with Crippen LogP contribution in [0, 0.1) is 5.41 Å². The molecule has 0 radical (unpaired) electrons. The van der Waals surface area contributed by atoms with E-state index in [0.29, 0.717) is 32.5 Å². The lowest BCUT2D eigenvalue weighted by Crippen LogP contribution is -2.61. The average Bonchev–Trinajstić information content (AvgIpc) is 3.30. The maximum absolute atomic E-state index is 12.6. The number of aliphatic hydroxyl groups is 1. The standard InChI is InChI=1S/C18H27N3O6/c1-11-16(24)21-12(10-27-15(21)9-20(11)17(25)26)2-3-14(23)19-7-6-18(4-5-18)13(22)8-19/h11-13,15,22H,2-10H2,1H3,(H,25,26)/t11-,12-,13+,15+/m0/s1. The normalized spacial score (nSPS) is 34.7. The van der Waals surface area contributed by atoms with E-state index in [-0.39, 0.29) is 29.8 Å². The van der Waals surface area contributed by atoms with E-state index in [1.165, 1.54) is 0 Å². The van der Waals surface area contributed by atoms with Gasteiger partial charge < -0.3 is 24.7 Å². The number of β-amino-alcohol motifs (C(OH)–C–C–N with tert-alkyl or cyclic N) is 1. The van der Waals surface area contributed by atoms with Crippen molar-refractivity contribution in [3.8, 4) is 0 Å². The summed E-state index contributed by atoms with van der Waals surface area (Å²) in [6.45, 7) is 3.11. The van der Waals surface area contributed by atoms with Crippen LogP contribution in [-0.4, -0.2) is 93.5 Å². The number of fused-ring (bicyclic) bond motifs is 1. The van der Waals surface area contributed by atoms with Crippen LogP contribution in [0.4, 0.5) is 4.79 Å². The Morgan fingerprint density at radius 3 is 2.63 bits per heavy atom. The Morgan fingerprint density at radius 2 is 2.00 bits per heavy atom. The Labute approximate surface area is 157 Å². The molecule has 9 nitrogen and oxygen atoms in total. The van der Waals surface area contributed by atoms with Crippen molar-refractivity contribution in [1.29, 1.82) is 0 Å². The molecular weight excluding hydrogens is 354 g/mol. The highest BCUT2D eigenvalue weighted by molar-refractivity contribution is 5.87. The SMILES string of the molecule is C[C@H]1C(=O)N2[C@@H](CCC(=O)N3CCC4(CC4)[C@H](O)C3)CO[C@@H]2CN1C(=O)O. The molecule has 3 amide bonds. The van der Waals surface area contributed by atoms with Gasteiger partial charge in [0.25, 0.3) is 0 Å². The van der Waals surface area contributed by atoms with Crippen molar-refractivity contribution in [1.82, 2.24) is 14.7 Å². The van der Waals surface area contributed by atoms with Gasteiger partial charge in [-0.25, -0.2) is 4.79 Å². The van der Waals surface area contributed by atoms with Crippen molar-refractivity contribution in [2.24, 2.45) is 5.41 Å². The number of likely N-dealkylation sites (tertiary alicyclic amines) is 1. The number of hydrogen-bond donors (Lipinski definition) is 2. The molecule has 0 aromatic carbocycles. The molecule has 1 saturated carbocycles. The van der Waals surface area contributed by atoms with Gasteiger partial charge in [-0.2, -0.15) is 0 Å². The molecule has 0 aromatic heterocycles. The number of nitrogens with zero attached hydrogens (tertiary/aromatic N) is 3. The van der Waals surface area contributed by atoms with Crippen molar-refractivity contribution in [2.75, 3.05) is 26.2 Å². The summed E-state index contributed by atoms with van der Waals surface area (Å²) in [5.74, 6) is -0.273. The fraction of sp³-hybridized carbons (Fsp3) is 0.833. The number of hydrogen-bond acceptors (Lipinski definition) is 5. The Bertz CT molecular complexity index is 651. The minimum atomic E-state index is -1.13. The van der Waals surface area contributed by atoms with Crippen LogP contribution in [0.5, 0.6) is 0 Å². The summed E-state index contributed by atoms with van der Waals surface area (Å²) >= 11 is 0. The van der Waals surface area contributed by atoms with Gasteiger partial charge in [0.05, 0.1) is 25.3 Å². The molecule has 4 atom stereocenters. The van der Waals surface area contributed by atoms with Gasteiger partial charge in [-0.15, -0.1) is 0 Å². The summed E-state index contributed by atoms with van der Waals surface area (Å²) in [5, 5.41) is 19.5. The predicted molar refractivity (Wildman–Crippen MR) is 92.7 cm³/mol. The quantitative estimate of drug-likeness (QED) is 0.716. The second kappa shape index (κ2) is 6.63. The number of ether oxygens (including phenoxy) is 1. The summed E-state index contributed by atoms with van der Waals surface area (Å²) in [6.07, 6.45) is 1.62. The molecule has 3 aliphatic heterocycles. The van der Waals surface area contributed by atoms with Crippen LogP contribution in [0.2, 0.25) is 0 Å². The van der Waals surface area contributed by atoms with Gasteiger partial charge in [-0.05, 0) is 38.0 Å². The smallest absolute Gasteiger partial charge is 0.408 e. The summed E-state index contributed by atoms with van der Waals surface area (Å²) < 4.78 is 5.63. The first-order valence-electron chi connectivity index (χ1n) is 9.71. The zero-order chi connectivity index (χ0) is 19.3. The molecule has 1 spiro atoms. The molecule has 1 aliphatic carbocycles. The second-order valence-corrected chi connectivity index (χ2v) is 8.30. The highest BCUT2D eigenvalue weighted by atomic mass is 16.5. The molecule has 4 rings (SSSR count). The first kappa shape index (κ1) is 18.5. The number of aliphatic hydroxyl groups excluding tert-OH is 1. The Hall–Kier alpha value is -1.87. The zero-order valence-corrected chi connectivity index (χ0v) is 15.5. The molecule has 4 aliphatic rings. The van der Waals surface area contributed by atoms with E-state index in [4.69, 9.17) is 4.74 Å². The molecule has 0 unspecified atom stereocenters. The van der Waals surface area contributed by atoms with E-state index < -0.39 is 24.5 Å². The number of amides is 3. The second-order valence-electron chi connectivity index (χ2n) is 8.30. The lowest BCUT2D eigenvalue weighted by Gasteiger charge is -2.41. The van der Waals surface area contributed by atoms with Crippen LogP contribution in [0.3, 0.4) is 0 Å². The molecule has 4 fully saturated rings. The molecule has 27 heavy (non-hydrogen) atoms. The van der Waals surface area contributed by atoms with E-state index in [2.05, 4.69) is 0 Å². The van der Waals surface area contributed by atoms with E-state index >= 15 is 0 Å². The molecule has 2 N–H and O–H groups in total. The Morgan fingerprint density at radius 1 is 1.26 bits per heavy atom. The number of carboxylic acid groups (broad SMARTS) is 1. The van der Waals surface area contributed by atoms with Crippen molar-refractivity contribution >= 4 is 17.9 Å². The van der Waals surface area contributed by atoms with Crippen molar-refractivity contribution in [3.63, 3.8) is 0 Å². The summed E-state index contributed by atoms with van der Waals surface area (Å²) in [5.41, 5.74) is 0.0651. The number of piperazine rings is 1. The van der Waals surface area contributed by atoms with E-state index in [1.54, 1.807) is 16.7 Å². The molecule has 0 aromatic rings. The van der Waals surface area contributed by atoms with Crippen molar-refractivity contribution in [2.45, 2.75) is 63.4 Å². The minimum Gasteiger partial charge on any atom is -0.465 e. The Balaban J connectivity index is 1.32. The monoisotopic (exact) mass is 381 g/mol. The maximum Gasteiger partial charge on any atom is 0.408 e. The molecule has 9 heteroatoms. The largest absolute Gasteiger partial charge is 0.465 e. The van der Waals surface area contributed by atoms with E-state index in [9.17, 15) is 24.6 Å². The van der Waals surface area contributed by atoms with E-state index in [1.807, 2.05) is 0 Å². The van der Waals surface area contributed by atoms with Gasteiger partial charge in [-0.3, -0.25) is 14.5 Å². The van der Waals surface area contributed by atoms with Crippen LogP contribution < -0.4 is 0 Å². The van der Waals surface area contributed by atoms with Gasteiger partial charge >= 0.3 is 6.09 Å². The summed E-state index contributed by atoms with van der Waals surface area (Å²) in [4.78, 5) is 40.9. The van der Waals surface area contributed by atoms with Crippen LogP contribution in [0.25, 0.3) is 0 Å². The van der Waals surface area contributed by atoms with Gasteiger partial charge in [-0.1, -0.05) is 0 Å². The molecule has 3 heterocycles. The van der Waals surface area contributed by atoms with E-state index in [0.717, 1.165) is 24.2 Å². The van der Waals surface area contributed by atoms with Gasteiger partial charge in [0.1, 0.15) is 6.04 Å². The van der Waals surface area contributed by atoms with Crippen molar-refractivity contribution in [3.05, 3.63) is 0 Å². The number of piperidine rings is 1. The summed E-state index contributed by atoms with van der Waals surface area (Å²) in [7, 11) is 0. The molecular formula is C18H27N3O6. The lowest BCUT2D eigenvalue weighted by atomic mass is 9.90. The number of carbonyl (C=O) groups excluding carboxylic acids is 2. The lowest BCUT2D eigenvalue weighted by molar-refractivity contribution is -0.152. The third-order valence-corrected chi connectivity index (χ3v) is 6.78. The number of rotatable bonds is 3. The fourth-order valence-electron chi connectivity index (χ4n) is 4.66. The molecule has 0 bridgehead atoms. The fourth-order valence-corrected chi connectivity index (χ4v) is 4.66. The van der Waals surface area contributed by atoms with Crippen molar-refractivity contribution < 1.29 is 29.3 Å². The highest BCUT2D eigenvalue weighted by Crippen LogP contribution is 2.53. The zero-order valence-electron chi connectivity index (χ0n) is 15.5. The Kier molecular flexibility index (Phi) is 4.54. The number of carbonyl (C=O) groups is 3. The van der Waals surface area contributed by atoms with Crippen LogP contribution in [0.15, 0.2) is 0 Å². The van der Waals surface area contributed by atoms with Gasteiger partial charge in [0.2, 0.25) is 11.8 Å². The first-order valence-corrected chi connectivity index (χ1v) is 9.71. The highest BCUT2D eigenvalue weighted by Gasteiger charge is 2.52. The van der Waals surface area contributed by atoms with Gasteiger partial charge in [0.15, 0.2) is 6.23 Å². The predicted octanol–water partition coefficient (Wildman–Crippen LogP) is 0.0756. The minimum absolute atomic E-state index is 0.00216. The first-order chi connectivity index (χ1) is 12.8. The van der Waals surface area contributed by atoms with Crippen LogP contribution >= 0.6 is 0 Å². The molecule has 150 valence electrons. The summed E-state index contributed by atoms with van der Waals surface area (Å²) in [6, 6.07) is -0.958. The third-order valence-electron chi connectivity index (χ3n) is 6.78. The van der Waals surface area contributed by atoms with Crippen LogP contribution in [-0.2, 0) is 14.3 Å². The topological polar surface area (TPSA) is 111 Å². The molecule has 3 saturated heterocycles. The maximum atomic E-state index is 12.6. The average molecular weight is 381 g/mol. The van der Waals surface area contributed by atoms with Gasteiger partial charge in [0, 0.05) is 19.5 Å². The third kappa shape index (κ3) is 3.16. The van der Waals surface area contributed by atoms with Crippen LogP contribution in [0.1, 0.15) is 39.0 Å².